The molecular weight excluding hydrogens is 456 g/mol. The molecule has 1 saturated heterocycles. The van der Waals surface area contributed by atoms with E-state index < -0.39 is 16.0 Å². The molecule has 0 spiro atoms. The quantitative estimate of drug-likeness (QED) is 0.568. The second kappa shape index (κ2) is 11.4. The summed E-state index contributed by atoms with van der Waals surface area (Å²) in [6, 6.07) is 8.46. The minimum Gasteiger partial charge on any atom is -0.462 e. The van der Waals surface area contributed by atoms with Gasteiger partial charge in [-0.05, 0) is 62.6 Å². The van der Waals surface area contributed by atoms with E-state index in [9.17, 15) is 18.0 Å². The summed E-state index contributed by atoms with van der Waals surface area (Å²) in [6.07, 6.45) is 2.36. The predicted octanol–water partition coefficient (Wildman–Crippen LogP) is 2.28. The van der Waals surface area contributed by atoms with Gasteiger partial charge in [-0.1, -0.05) is 6.07 Å². The number of ether oxygens (including phenoxy) is 1. The molecule has 0 radical (unpaired) electrons. The highest BCUT2D eigenvalue weighted by molar-refractivity contribution is 7.89. The van der Waals surface area contributed by atoms with Crippen molar-refractivity contribution in [2.24, 2.45) is 0 Å². The van der Waals surface area contributed by atoms with E-state index >= 15 is 0 Å². The lowest BCUT2D eigenvalue weighted by Gasteiger charge is -2.23. The van der Waals surface area contributed by atoms with E-state index in [2.05, 4.69) is 14.6 Å². The number of carbonyl (C=O) groups excluding carboxylic acids is 2. The molecule has 34 heavy (non-hydrogen) atoms. The van der Waals surface area contributed by atoms with Crippen molar-refractivity contribution in [1.82, 2.24) is 14.6 Å². The van der Waals surface area contributed by atoms with Crippen LogP contribution in [-0.4, -0.2) is 69.5 Å². The van der Waals surface area contributed by atoms with Crippen LogP contribution in [0.15, 0.2) is 41.4 Å². The molecule has 2 heterocycles. The summed E-state index contributed by atoms with van der Waals surface area (Å²) < 4.78 is 32.6. The smallest absolute Gasteiger partial charge is 0.339 e. The summed E-state index contributed by atoms with van der Waals surface area (Å²) in [5.74, 6) is 0.251. The monoisotopic (exact) mass is 488 g/mol. The Labute approximate surface area is 201 Å². The number of amides is 1. The van der Waals surface area contributed by atoms with E-state index in [4.69, 9.17) is 4.74 Å². The van der Waals surface area contributed by atoms with Crippen molar-refractivity contribution in [2.75, 3.05) is 44.2 Å². The molecule has 1 aliphatic heterocycles. The van der Waals surface area contributed by atoms with Gasteiger partial charge in [0.2, 0.25) is 15.9 Å². The van der Waals surface area contributed by atoms with E-state index in [1.54, 1.807) is 42.2 Å². The van der Waals surface area contributed by atoms with Gasteiger partial charge in [0.25, 0.3) is 0 Å². The Morgan fingerprint density at radius 3 is 2.53 bits per heavy atom. The number of sulfonamides is 1. The zero-order chi connectivity index (χ0) is 24.7. The summed E-state index contributed by atoms with van der Waals surface area (Å²) in [7, 11) is -3.66. The highest BCUT2D eigenvalue weighted by Gasteiger charge is 2.21. The fraction of sp³-hybridized carbons (Fsp3) is 0.458. The van der Waals surface area contributed by atoms with Gasteiger partial charge in [-0.15, -0.1) is 0 Å². The number of carbonyl (C=O) groups is 2. The summed E-state index contributed by atoms with van der Waals surface area (Å²) >= 11 is 0. The molecule has 0 unspecified atom stereocenters. The maximum Gasteiger partial charge on any atom is 0.339 e. The molecule has 1 N–H and O–H groups in total. The van der Waals surface area contributed by atoms with E-state index in [0.29, 0.717) is 31.8 Å². The number of nitrogens with one attached hydrogen (secondary N) is 1. The molecule has 3 rings (SSSR count). The third kappa shape index (κ3) is 6.54. The number of nitrogens with zero attached hydrogens (tertiary/aromatic N) is 3. The molecule has 0 bridgehead atoms. The molecule has 0 aliphatic carbocycles. The van der Waals surface area contributed by atoms with Crippen LogP contribution in [0, 0.1) is 13.8 Å². The van der Waals surface area contributed by atoms with Crippen LogP contribution in [0.3, 0.4) is 0 Å². The molecule has 1 aromatic heterocycles. The lowest BCUT2D eigenvalue weighted by Crippen LogP contribution is -2.37. The summed E-state index contributed by atoms with van der Waals surface area (Å²) in [6.45, 7) is 8.35. The highest BCUT2D eigenvalue weighted by atomic mass is 32.2. The molecule has 10 heteroatoms. The Morgan fingerprint density at radius 1 is 1.06 bits per heavy atom. The first kappa shape index (κ1) is 25.6. The van der Waals surface area contributed by atoms with E-state index in [0.717, 1.165) is 29.9 Å². The topological polar surface area (TPSA) is 109 Å². The van der Waals surface area contributed by atoms with Gasteiger partial charge >= 0.3 is 5.97 Å². The average Bonchev–Trinajstić information content (AvgIpc) is 3.07. The van der Waals surface area contributed by atoms with Crippen LogP contribution < -0.4 is 9.62 Å². The van der Waals surface area contributed by atoms with Crippen molar-refractivity contribution >= 4 is 27.7 Å². The first-order valence-electron chi connectivity index (χ1n) is 11.4. The van der Waals surface area contributed by atoms with Gasteiger partial charge in [-0.25, -0.2) is 22.9 Å². The van der Waals surface area contributed by atoms with Crippen molar-refractivity contribution in [3.63, 3.8) is 0 Å². The Morgan fingerprint density at radius 2 is 1.85 bits per heavy atom. The lowest BCUT2D eigenvalue weighted by molar-refractivity contribution is -0.130. The molecule has 1 aromatic carbocycles. The molecule has 1 aliphatic rings. The normalized spacial score (nSPS) is 14.6. The standard InChI is InChI=1S/C24H32N4O5S/c1-4-33-24(30)20-7-9-22(25-17-20)27-12-5-13-28(15-14-27)23(29)10-11-26-34(31,32)21-8-6-18(2)19(3)16-21/h6-9,16-17,26H,4-5,10-15H2,1-3H3. The molecule has 2 aromatic rings. The van der Waals surface area contributed by atoms with Gasteiger partial charge in [0.05, 0.1) is 17.1 Å². The van der Waals surface area contributed by atoms with Gasteiger partial charge in [-0.2, -0.15) is 0 Å². The lowest BCUT2D eigenvalue weighted by atomic mass is 10.1. The number of hydrogen-bond donors (Lipinski definition) is 1. The minimum absolute atomic E-state index is 0.0468. The van der Waals surface area contributed by atoms with Crippen LogP contribution >= 0.6 is 0 Å². The van der Waals surface area contributed by atoms with Crippen molar-refractivity contribution < 1.29 is 22.7 Å². The molecular formula is C24H32N4O5S. The molecule has 1 amide bonds. The van der Waals surface area contributed by atoms with Crippen LogP contribution in [0.4, 0.5) is 5.82 Å². The molecule has 184 valence electrons. The summed E-state index contributed by atoms with van der Waals surface area (Å²) in [5, 5.41) is 0. The number of benzene rings is 1. The maximum absolute atomic E-state index is 12.7. The van der Waals surface area contributed by atoms with Gasteiger partial charge in [-0.3, -0.25) is 4.79 Å². The van der Waals surface area contributed by atoms with Crippen LogP contribution in [0.1, 0.15) is 41.3 Å². The molecule has 9 nitrogen and oxygen atoms in total. The van der Waals surface area contributed by atoms with Crippen molar-refractivity contribution in [3.05, 3.63) is 53.2 Å². The fourth-order valence-electron chi connectivity index (χ4n) is 3.72. The highest BCUT2D eigenvalue weighted by Crippen LogP contribution is 2.16. The summed E-state index contributed by atoms with van der Waals surface area (Å²) in [4.78, 5) is 32.9. The van der Waals surface area contributed by atoms with Crippen LogP contribution in [-0.2, 0) is 19.6 Å². The zero-order valence-corrected chi connectivity index (χ0v) is 20.7. The Balaban J connectivity index is 1.50. The first-order chi connectivity index (χ1) is 16.2. The second-order valence-electron chi connectivity index (χ2n) is 8.24. The largest absolute Gasteiger partial charge is 0.462 e. The SMILES string of the molecule is CCOC(=O)c1ccc(N2CCCN(C(=O)CCNS(=O)(=O)c3ccc(C)c(C)c3)CC2)nc1. The second-order valence-corrected chi connectivity index (χ2v) is 10.0. The Kier molecular flexibility index (Phi) is 8.62. The number of esters is 1. The van der Waals surface area contributed by atoms with E-state index in [1.165, 1.54) is 6.20 Å². The van der Waals surface area contributed by atoms with Crippen LogP contribution in [0.2, 0.25) is 0 Å². The molecule has 0 atom stereocenters. The number of aromatic nitrogens is 1. The number of rotatable bonds is 8. The zero-order valence-electron chi connectivity index (χ0n) is 19.9. The molecule has 1 fully saturated rings. The first-order valence-corrected chi connectivity index (χ1v) is 12.9. The average molecular weight is 489 g/mol. The Bertz CT molecular complexity index is 1120. The number of aryl methyl sites for hydroxylation is 2. The fourth-order valence-corrected chi connectivity index (χ4v) is 4.84. The number of anilines is 1. The molecule has 0 saturated carbocycles. The van der Waals surface area contributed by atoms with Gasteiger partial charge in [0, 0.05) is 45.3 Å². The Hall–Kier alpha value is -2.98. The third-order valence-corrected chi connectivity index (χ3v) is 7.31. The third-order valence-electron chi connectivity index (χ3n) is 5.85. The van der Waals surface area contributed by atoms with Gasteiger partial charge < -0.3 is 14.5 Å². The van der Waals surface area contributed by atoms with E-state index in [1.807, 2.05) is 13.8 Å². The van der Waals surface area contributed by atoms with Crippen LogP contribution in [0.5, 0.6) is 0 Å². The summed E-state index contributed by atoms with van der Waals surface area (Å²) in [5.41, 5.74) is 2.33. The number of hydrogen-bond acceptors (Lipinski definition) is 7. The van der Waals surface area contributed by atoms with Crippen molar-refractivity contribution in [3.8, 4) is 0 Å². The maximum atomic E-state index is 12.7. The van der Waals surface area contributed by atoms with Crippen molar-refractivity contribution in [1.29, 1.82) is 0 Å². The van der Waals surface area contributed by atoms with Gasteiger partial charge in [0.1, 0.15) is 5.82 Å². The van der Waals surface area contributed by atoms with Gasteiger partial charge in [0.15, 0.2) is 0 Å². The van der Waals surface area contributed by atoms with Crippen LogP contribution in [0.25, 0.3) is 0 Å². The van der Waals surface area contributed by atoms with Crippen molar-refractivity contribution in [2.45, 2.75) is 38.5 Å². The predicted molar refractivity (Wildman–Crippen MR) is 129 cm³/mol. The number of pyridine rings is 1. The minimum atomic E-state index is -3.66. The van der Waals surface area contributed by atoms with E-state index in [-0.39, 0.29) is 23.8 Å².